The van der Waals surface area contributed by atoms with Crippen molar-refractivity contribution < 1.29 is 4.79 Å². The predicted molar refractivity (Wildman–Crippen MR) is 71.8 cm³/mol. The number of nitrogens with one attached hydrogen (secondary N) is 2. The van der Waals surface area contributed by atoms with Gasteiger partial charge in [0.05, 0.1) is 0 Å². The molecule has 2 unspecified atom stereocenters. The fourth-order valence-electron chi connectivity index (χ4n) is 2.29. The first kappa shape index (κ1) is 13.6. The minimum Gasteiger partial charge on any atom is -0.341 e. The summed E-state index contributed by atoms with van der Waals surface area (Å²) in [6, 6.07) is 0.0624. The molecular weight excluding hydrogens is 212 g/mol. The number of hydrogen-bond donors (Lipinski definition) is 2. The third-order valence-electron chi connectivity index (χ3n) is 3.46. The molecule has 0 aromatic heterocycles. The van der Waals surface area contributed by atoms with Crippen LogP contribution in [0.5, 0.6) is 0 Å². The van der Waals surface area contributed by atoms with Crippen LogP contribution in [0.2, 0.25) is 0 Å². The molecule has 1 aliphatic rings. The van der Waals surface area contributed by atoms with Crippen molar-refractivity contribution in [3.63, 3.8) is 0 Å². The first-order valence-electron chi connectivity index (χ1n) is 6.07. The molecule has 0 bridgehead atoms. The second-order valence-corrected chi connectivity index (χ2v) is 4.47. The summed E-state index contributed by atoms with van der Waals surface area (Å²) >= 11 is 0. The van der Waals surface area contributed by atoms with Crippen molar-refractivity contribution in [3.8, 4) is 0 Å². The van der Waals surface area contributed by atoms with Crippen molar-refractivity contribution >= 4 is 6.03 Å². The van der Waals surface area contributed by atoms with E-state index in [1.165, 1.54) is 11.1 Å². The van der Waals surface area contributed by atoms with Gasteiger partial charge >= 0.3 is 6.03 Å². The average Bonchev–Trinajstić information content (AvgIpc) is 2.37. The maximum absolute atomic E-state index is 11.3. The summed E-state index contributed by atoms with van der Waals surface area (Å²) in [5.74, 6) is 0.476. The number of hydrogen-bond acceptors (Lipinski definition) is 1. The van der Waals surface area contributed by atoms with Crippen molar-refractivity contribution in [1.29, 1.82) is 0 Å². The molecule has 3 heteroatoms. The zero-order valence-electron chi connectivity index (χ0n) is 10.8. The molecule has 2 amide bonds. The minimum absolute atomic E-state index is 0.115. The quantitative estimate of drug-likeness (QED) is 0.771. The molecule has 94 valence electrons. The van der Waals surface area contributed by atoms with Gasteiger partial charge in [0.25, 0.3) is 0 Å². The third kappa shape index (κ3) is 3.48. The van der Waals surface area contributed by atoms with Crippen LogP contribution >= 0.6 is 0 Å². The van der Waals surface area contributed by atoms with Gasteiger partial charge in [-0.3, -0.25) is 0 Å². The van der Waals surface area contributed by atoms with Crippen LogP contribution in [-0.4, -0.2) is 19.1 Å². The molecule has 0 radical (unpaired) electrons. The summed E-state index contributed by atoms with van der Waals surface area (Å²) in [5, 5.41) is 5.53. The summed E-state index contributed by atoms with van der Waals surface area (Å²) in [6.45, 7) is 9.73. The Bertz CT molecular complexity index is 344. The van der Waals surface area contributed by atoms with E-state index in [0.717, 1.165) is 19.3 Å². The maximum Gasteiger partial charge on any atom is 0.314 e. The van der Waals surface area contributed by atoms with Crippen LogP contribution in [0.4, 0.5) is 4.79 Å². The zero-order chi connectivity index (χ0) is 12.8. The van der Waals surface area contributed by atoms with Gasteiger partial charge in [-0.15, -0.1) is 0 Å². The summed E-state index contributed by atoms with van der Waals surface area (Å²) < 4.78 is 0. The van der Waals surface area contributed by atoms with Crippen molar-refractivity contribution in [2.24, 2.45) is 5.92 Å². The molecule has 0 aromatic carbocycles. The van der Waals surface area contributed by atoms with Gasteiger partial charge < -0.3 is 10.6 Å². The monoisotopic (exact) mass is 234 g/mol. The molecular formula is C14H22N2O. The van der Waals surface area contributed by atoms with Crippen LogP contribution in [0.1, 0.15) is 26.2 Å². The predicted octanol–water partition coefficient (Wildman–Crippen LogP) is 2.77. The largest absolute Gasteiger partial charge is 0.341 e. The first-order chi connectivity index (χ1) is 8.12. The molecule has 17 heavy (non-hydrogen) atoms. The number of carbonyl (C=O) groups excluding carboxylic acids is 1. The van der Waals surface area contributed by atoms with Crippen molar-refractivity contribution in [2.75, 3.05) is 7.05 Å². The normalized spacial score (nSPS) is 21.6. The molecule has 2 N–H and O–H groups in total. The highest BCUT2D eigenvalue weighted by molar-refractivity contribution is 5.73. The smallest absolute Gasteiger partial charge is 0.314 e. The van der Waals surface area contributed by atoms with E-state index in [4.69, 9.17) is 0 Å². The standard InChI is InChI=1S/C14H22N2O/c1-5-11-7-8-13(9-12(11)6-2)10(3)16-14(17)15-4/h5-6,10,13H,1-2,7-9H2,3-4H3,(H2,15,16,17). The lowest BCUT2D eigenvalue weighted by Gasteiger charge is -2.30. The fraction of sp³-hybridized carbons (Fsp3) is 0.500. The summed E-state index contributed by atoms with van der Waals surface area (Å²) in [6.07, 6.45) is 6.91. The second-order valence-electron chi connectivity index (χ2n) is 4.47. The molecule has 0 saturated heterocycles. The number of urea groups is 1. The number of amides is 2. The number of rotatable bonds is 4. The molecule has 0 fully saturated rings. The fourth-order valence-corrected chi connectivity index (χ4v) is 2.29. The highest BCUT2D eigenvalue weighted by Crippen LogP contribution is 2.32. The van der Waals surface area contributed by atoms with E-state index < -0.39 is 0 Å². The summed E-state index contributed by atoms with van der Waals surface area (Å²) in [5.41, 5.74) is 2.56. The molecule has 3 nitrogen and oxygen atoms in total. The van der Waals surface area contributed by atoms with Gasteiger partial charge in [-0.05, 0) is 43.3 Å². The van der Waals surface area contributed by atoms with Gasteiger partial charge in [0.1, 0.15) is 0 Å². The minimum atomic E-state index is -0.115. The first-order valence-corrected chi connectivity index (χ1v) is 6.07. The van der Waals surface area contributed by atoms with E-state index in [0.29, 0.717) is 5.92 Å². The summed E-state index contributed by atoms with van der Waals surface area (Å²) in [7, 11) is 1.63. The van der Waals surface area contributed by atoms with Gasteiger partial charge in [0.15, 0.2) is 0 Å². The molecule has 0 aliphatic heterocycles. The van der Waals surface area contributed by atoms with Crippen LogP contribution in [0, 0.1) is 5.92 Å². The van der Waals surface area contributed by atoms with Crippen LogP contribution < -0.4 is 10.6 Å². The Morgan fingerprint density at radius 1 is 1.41 bits per heavy atom. The van der Waals surface area contributed by atoms with Gasteiger partial charge in [0.2, 0.25) is 0 Å². The Morgan fingerprint density at radius 2 is 2.06 bits per heavy atom. The van der Waals surface area contributed by atoms with Crippen LogP contribution in [0.3, 0.4) is 0 Å². The van der Waals surface area contributed by atoms with E-state index in [9.17, 15) is 4.79 Å². The number of allylic oxidation sites excluding steroid dienone is 4. The van der Waals surface area contributed by atoms with Gasteiger partial charge in [-0.25, -0.2) is 4.79 Å². The Kier molecular flexibility index (Phi) is 5.01. The summed E-state index contributed by atoms with van der Waals surface area (Å²) in [4.78, 5) is 11.3. The molecule has 1 aliphatic carbocycles. The topological polar surface area (TPSA) is 41.1 Å². The molecule has 0 spiro atoms. The second kappa shape index (κ2) is 6.28. The molecule has 2 atom stereocenters. The van der Waals surface area contributed by atoms with E-state index in [1.807, 2.05) is 12.2 Å². The van der Waals surface area contributed by atoms with Crippen LogP contribution in [0.15, 0.2) is 36.5 Å². The lowest BCUT2D eigenvalue weighted by atomic mass is 9.80. The molecule has 1 rings (SSSR count). The van der Waals surface area contributed by atoms with Crippen molar-refractivity contribution in [1.82, 2.24) is 10.6 Å². The Labute approximate surface area is 104 Å². The lowest BCUT2D eigenvalue weighted by molar-refractivity contribution is 0.232. The van der Waals surface area contributed by atoms with E-state index in [2.05, 4.69) is 30.7 Å². The average molecular weight is 234 g/mol. The van der Waals surface area contributed by atoms with Gasteiger partial charge in [-0.2, -0.15) is 0 Å². The van der Waals surface area contributed by atoms with Crippen LogP contribution in [-0.2, 0) is 0 Å². The van der Waals surface area contributed by atoms with Crippen LogP contribution in [0.25, 0.3) is 0 Å². The SMILES string of the molecule is C=CC1=C(C=C)CC(C(C)NC(=O)NC)CC1. The molecule has 0 heterocycles. The Balaban J connectivity index is 2.65. The van der Waals surface area contributed by atoms with E-state index in [-0.39, 0.29) is 12.1 Å². The number of carbonyl (C=O) groups is 1. The van der Waals surface area contributed by atoms with Gasteiger partial charge in [0, 0.05) is 13.1 Å². The zero-order valence-corrected chi connectivity index (χ0v) is 10.8. The van der Waals surface area contributed by atoms with E-state index in [1.54, 1.807) is 7.05 Å². The van der Waals surface area contributed by atoms with E-state index >= 15 is 0 Å². The molecule has 0 saturated carbocycles. The highest BCUT2D eigenvalue weighted by Gasteiger charge is 2.24. The van der Waals surface area contributed by atoms with Crippen molar-refractivity contribution in [2.45, 2.75) is 32.2 Å². The molecule has 0 aromatic rings. The maximum atomic E-state index is 11.3. The Morgan fingerprint density at radius 3 is 2.59 bits per heavy atom. The van der Waals surface area contributed by atoms with Crippen molar-refractivity contribution in [3.05, 3.63) is 36.5 Å². The third-order valence-corrected chi connectivity index (χ3v) is 3.46. The van der Waals surface area contributed by atoms with Gasteiger partial charge in [-0.1, -0.05) is 25.3 Å². The lowest BCUT2D eigenvalue weighted by Crippen LogP contribution is -2.43. The Hall–Kier alpha value is -1.51. The highest BCUT2D eigenvalue weighted by atomic mass is 16.2.